The third kappa shape index (κ3) is 5.25. The molecule has 0 aliphatic rings. The molecule has 0 saturated carbocycles. The van der Waals surface area contributed by atoms with E-state index < -0.39 is 0 Å². The Balaban J connectivity index is 1.60. The fourth-order valence-electron chi connectivity index (χ4n) is 3.27. The Bertz CT molecular complexity index is 923. The summed E-state index contributed by atoms with van der Waals surface area (Å²) >= 11 is 0. The van der Waals surface area contributed by atoms with Gasteiger partial charge in [0.2, 0.25) is 5.91 Å². The highest BCUT2D eigenvalue weighted by Crippen LogP contribution is 2.25. The quantitative estimate of drug-likeness (QED) is 0.527. The molecule has 1 heterocycles. The van der Waals surface area contributed by atoms with Crippen molar-refractivity contribution in [3.05, 3.63) is 65.7 Å². The van der Waals surface area contributed by atoms with Gasteiger partial charge in [-0.2, -0.15) is 0 Å². The van der Waals surface area contributed by atoms with Crippen LogP contribution in [0.25, 0.3) is 11.3 Å². The number of nitrogens with one attached hydrogen (secondary N) is 1. The SMILES string of the molecule is CCOc1ccc(-c2cnc(CCC(=O)Nc3c(CC)cccc3CC)o2)cc1. The standard InChI is InChI=1S/C24H28N2O3/c1-4-17-8-7-9-18(5-2)24(17)26-22(27)14-15-23-25-16-21(29-23)19-10-12-20(13-11-19)28-6-3/h7-13,16H,4-6,14-15H2,1-3H3,(H,26,27). The van der Waals surface area contributed by atoms with Crippen LogP contribution in [-0.2, 0) is 24.1 Å². The number of aryl methyl sites for hydroxylation is 3. The van der Waals surface area contributed by atoms with Crippen molar-refractivity contribution in [2.24, 2.45) is 0 Å². The minimum Gasteiger partial charge on any atom is -0.494 e. The molecule has 0 aliphatic carbocycles. The number of rotatable bonds is 9. The molecule has 3 aromatic rings. The number of ether oxygens (including phenoxy) is 1. The Morgan fingerprint density at radius 3 is 2.34 bits per heavy atom. The van der Waals surface area contributed by atoms with E-state index in [0.29, 0.717) is 31.1 Å². The monoisotopic (exact) mass is 392 g/mol. The largest absolute Gasteiger partial charge is 0.494 e. The maximum absolute atomic E-state index is 12.5. The van der Waals surface area contributed by atoms with Crippen molar-refractivity contribution in [2.75, 3.05) is 11.9 Å². The maximum Gasteiger partial charge on any atom is 0.224 e. The zero-order valence-corrected chi connectivity index (χ0v) is 17.3. The van der Waals surface area contributed by atoms with Gasteiger partial charge in [-0.25, -0.2) is 4.98 Å². The summed E-state index contributed by atoms with van der Waals surface area (Å²) in [5, 5.41) is 3.09. The van der Waals surface area contributed by atoms with Crippen molar-refractivity contribution in [1.29, 1.82) is 0 Å². The molecule has 5 nitrogen and oxygen atoms in total. The Kier molecular flexibility index (Phi) is 7.06. The minimum absolute atomic E-state index is 0.0265. The van der Waals surface area contributed by atoms with Gasteiger partial charge in [-0.05, 0) is 55.2 Å². The van der Waals surface area contributed by atoms with Crippen molar-refractivity contribution < 1.29 is 13.9 Å². The number of hydrogen-bond acceptors (Lipinski definition) is 4. The summed E-state index contributed by atoms with van der Waals surface area (Å²) < 4.78 is 11.3. The van der Waals surface area contributed by atoms with Gasteiger partial charge in [0, 0.05) is 24.1 Å². The predicted molar refractivity (Wildman–Crippen MR) is 115 cm³/mol. The zero-order chi connectivity index (χ0) is 20.6. The van der Waals surface area contributed by atoms with Gasteiger partial charge in [0.25, 0.3) is 0 Å². The second-order valence-corrected chi connectivity index (χ2v) is 6.78. The Morgan fingerprint density at radius 1 is 1.03 bits per heavy atom. The third-order valence-electron chi connectivity index (χ3n) is 4.83. The van der Waals surface area contributed by atoms with Crippen LogP contribution in [0, 0.1) is 0 Å². The fraction of sp³-hybridized carbons (Fsp3) is 0.333. The van der Waals surface area contributed by atoms with E-state index in [0.717, 1.165) is 41.0 Å². The number of nitrogens with zero attached hydrogens (tertiary/aromatic N) is 1. The second-order valence-electron chi connectivity index (χ2n) is 6.78. The van der Waals surface area contributed by atoms with Gasteiger partial charge in [0.15, 0.2) is 11.7 Å². The van der Waals surface area contributed by atoms with Gasteiger partial charge >= 0.3 is 0 Å². The van der Waals surface area contributed by atoms with Crippen LogP contribution in [0.4, 0.5) is 5.69 Å². The minimum atomic E-state index is -0.0265. The highest BCUT2D eigenvalue weighted by atomic mass is 16.5. The van der Waals surface area contributed by atoms with E-state index >= 15 is 0 Å². The molecule has 3 rings (SSSR count). The molecule has 0 aliphatic heterocycles. The summed E-state index contributed by atoms with van der Waals surface area (Å²) in [6, 6.07) is 13.9. The highest BCUT2D eigenvalue weighted by Gasteiger charge is 2.12. The Hall–Kier alpha value is -3.08. The van der Waals surface area contributed by atoms with Crippen LogP contribution < -0.4 is 10.1 Å². The summed E-state index contributed by atoms with van der Waals surface area (Å²) in [5.41, 5.74) is 4.20. The lowest BCUT2D eigenvalue weighted by Gasteiger charge is -2.14. The number of oxazole rings is 1. The molecule has 0 fully saturated rings. The number of anilines is 1. The molecule has 1 amide bonds. The first-order chi connectivity index (χ1) is 14.1. The topological polar surface area (TPSA) is 64.4 Å². The summed E-state index contributed by atoms with van der Waals surface area (Å²) in [5.74, 6) is 2.05. The van der Waals surface area contributed by atoms with Crippen LogP contribution >= 0.6 is 0 Å². The average molecular weight is 392 g/mol. The number of hydrogen-bond donors (Lipinski definition) is 1. The van der Waals surface area contributed by atoms with Crippen LogP contribution in [-0.4, -0.2) is 17.5 Å². The van der Waals surface area contributed by atoms with Crippen molar-refractivity contribution >= 4 is 11.6 Å². The van der Waals surface area contributed by atoms with E-state index in [1.807, 2.05) is 37.3 Å². The molecular weight excluding hydrogens is 364 g/mol. The molecule has 1 N–H and O–H groups in total. The third-order valence-corrected chi connectivity index (χ3v) is 4.83. The van der Waals surface area contributed by atoms with Crippen molar-refractivity contribution in [1.82, 2.24) is 4.98 Å². The normalized spacial score (nSPS) is 10.7. The maximum atomic E-state index is 12.5. The van der Waals surface area contributed by atoms with Crippen molar-refractivity contribution in [2.45, 2.75) is 46.5 Å². The number of para-hydroxylation sites is 1. The number of benzene rings is 2. The van der Waals surface area contributed by atoms with Gasteiger partial charge < -0.3 is 14.5 Å². The molecular formula is C24H28N2O3. The van der Waals surface area contributed by atoms with Crippen LogP contribution in [0.3, 0.4) is 0 Å². The Labute approximate surface area is 172 Å². The molecule has 29 heavy (non-hydrogen) atoms. The highest BCUT2D eigenvalue weighted by molar-refractivity contribution is 5.92. The molecule has 2 aromatic carbocycles. The molecule has 0 atom stereocenters. The van der Waals surface area contributed by atoms with E-state index in [1.165, 1.54) is 0 Å². The summed E-state index contributed by atoms with van der Waals surface area (Å²) in [6.45, 7) is 6.78. The molecule has 5 heteroatoms. The van der Waals surface area contributed by atoms with Crippen LogP contribution in [0.15, 0.2) is 53.1 Å². The summed E-state index contributed by atoms with van der Waals surface area (Å²) in [7, 11) is 0. The smallest absolute Gasteiger partial charge is 0.224 e. The van der Waals surface area contributed by atoms with Crippen LogP contribution in [0.1, 0.15) is 44.2 Å². The van der Waals surface area contributed by atoms with Crippen molar-refractivity contribution in [3.63, 3.8) is 0 Å². The van der Waals surface area contributed by atoms with E-state index in [4.69, 9.17) is 9.15 Å². The fourth-order valence-corrected chi connectivity index (χ4v) is 3.27. The van der Waals surface area contributed by atoms with Crippen LogP contribution in [0.5, 0.6) is 5.75 Å². The van der Waals surface area contributed by atoms with Crippen LogP contribution in [0.2, 0.25) is 0 Å². The first-order valence-corrected chi connectivity index (χ1v) is 10.2. The molecule has 0 spiro atoms. The average Bonchev–Trinajstić information content (AvgIpc) is 3.22. The number of aromatic nitrogens is 1. The van der Waals surface area contributed by atoms with Gasteiger partial charge in [0.05, 0.1) is 12.8 Å². The van der Waals surface area contributed by atoms with Gasteiger partial charge in [0.1, 0.15) is 5.75 Å². The first-order valence-electron chi connectivity index (χ1n) is 10.2. The van der Waals surface area contributed by atoms with E-state index in [1.54, 1.807) is 6.20 Å². The zero-order valence-electron chi connectivity index (χ0n) is 17.3. The molecule has 0 saturated heterocycles. The summed E-state index contributed by atoms with van der Waals surface area (Å²) in [4.78, 5) is 16.8. The number of amides is 1. The van der Waals surface area contributed by atoms with E-state index in [2.05, 4.69) is 36.3 Å². The molecule has 1 aromatic heterocycles. The molecule has 0 bridgehead atoms. The lowest BCUT2D eigenvalue weighted by molar-refractivity contribution is -0.116. The van der Waals surface area contributed by atoms with Gasteiger partial charge in [-0.15, -0.1) is 0 Å². The summed E-state index contributed by atoms with van der Waals surface area (Å²) in [6.07, 6.45) is 4.25. The lowest BCUT2D eigenvalue weighted by atomic mass is 10.0. The number of carbonyl (C=O) groups is 1. The molecule has 152 valence electrons. The van der Waals surface area contributed by atoms with E-state index in [9.17, 15) is 4.79 Å². The van der Waals surface area contributed by atoms with E-state index in [-0.39, 0.29) is 5.91 Å². The first kappa shape index (κ1) is 20.6. The van der Waals surface area contributed by atoms with Gasteiger partial charge in [-0.1, -0.05) is 32.0 Å². The lowest BCUT2D eigenvalue weighted by Crippen LogP contribution is -2.15. The predicted octanol–water partition coefficient (Wildman–Crippen LogP) is 5.44. The second kappa shape index (κ2) is 9.92. The number of carbonyl (C=O) groups excluding carboxylic acids is 1. The van der Waals surface area contributed by atoms with Crippen molar-refractivity contribution in [3.8, 4) is 17.1 Å². The molecule has 0 unspecified atom stereocenters. The molecule has 0 radical (unpaired) electrons. The van der Waals surface area contributed by atoms with Gasteiger partial charge in [-0.3, -0.25) is 4.79 Å². The Morgan fingerprint density at radius 2 is 1.72 bits per heavy atom.